The van der Waals surface area contributed by atoms with Crippen molar-refractivity contribution in [2.24, 2.45) is 0 Å². The molecule has 0 saturated carbocycles. The Bertz CT molecular complexity index is 266. The molecule has 1 aliphatic rings. The van der Waals surface area contributed by atoms with E-state index in [1.165, 1.54) is 0 Å². The molecule has 0 aromatic rings. The summed E-state index contributed by atoms with van der Waals surface area (Å²) in [6.45, 7) is 3.34. The molecule has 0 unspecified atom stereocenters. The summed E-state index contributed by atoms with van der Waals surface area (Å²) in [6, 6.07) is 0. The van der Waals surface area contributed by atoms with Crippen molar-refractivity contribution in [2.75, 3.05) is 13.2 Å². The Balaban J connectivity index is 2.57. The van der Waals surface area contributed by atoms with Crippen LogP contribution in [0.4, 0.5) is 4.79 Å². The van der Waals surface area contributed by atoms with E-state index in [9.17, 15) is 9.59 Å². The monoisotopic (exact) mass is 186 g/mol. The fourth-order valence-electron chi connectivity index (χ4n) is 0.861. The van der Waals surface area contributed by atoms with E-state index in [2.05, 4.69) is 9.47 Å². The Morgan fingerprint density at radius 2 is 2.31 bits per heavy atom. The predicted molar refractivity (Wildman–Crippen MR) is 41.8 cm³/mol. The summed E-state index contributed by atoms with van der Waals surface area (Å²) in [7, 11) is 0. The zero-order chi connectivity index (χ0) is 9.84. The second-order valence-corrected chi connectivity index (χ2v) is 2.38. The van der Waals surface area contributed by atoms with Crippen molar-refractivity contribution in [3.05, 3.63) is 11.5 Å². The molecule has 0 aromatic heterocycles. The first kappa shape index (κ1) is 9.57. The first-order chi connectivity index (χ1) is 6.15. The molecule has 1 heterocycles. The highest BCUT2D eigenvalue weighted by molar-refractivity contribution is 5.98. The molecule has 5 heteroatoms. The van der Waals surface area contributed by atoms with Crippen LogP contribution in [0.3, 0.4) is 0 Å². The summed E-state index contributed by atoms with van der Waals surface area (Å²) >= 11 is 0. The van der Waals surface area contributed by atoms with Gasteiger partial charge in [-0.05, 0) is 13.8 Å². The van der Waals surface area contributed by atoms with Gasteiger partial charge in [-0.25, -0.2) is 4.79 Å². The van der Waals surface area contributed by atoms with Crippen molar-refractivity contribution in [3.8, 4) is 0 Å². The zero-order valence-corrected chi connectivity index (χ0v) is 7.46. The van der Waals surface area contributed by atoms with Crippen LogP contribution in [-0.2, 0) is 19.0 Å². The molecule has 0 bridgehead atoms. The minimum atomic E-state index is -0.879. The number of ether oxygens (including phenoxy) is 3. The van der Waals surface area contributed by atoms with Crippen molar-refractivity contribution in [1.82, 2.24) is 0 Å². The van der Waals surface area contributed by atoms with Crippen LogP contribution in [0, 0.1) is 0 Å². The fraction of sp³-hybridized carbons (Fsp3) is 0.500. The van der Waals surface area contributed by atoms with Crippen molar-refractivity contribution in [1.29, 1.82) is 0 Å². The van der Waals surface area contributed by atoms with Crippen molar-refractivity contribution in [2.45, 2.75) is 13.8 Å². The lowest BCUT2D eigenvalue weighted by molar-refractivity contribution is -0.118. The van der Waals surface area contributed by atoms with Crippen LogP contribution in [-0.4, -0.2) is 25.2 Å². The van der Waals surface area contributed by atoms with Crippen LogP contribution < -0.4 is 0 Å². The van der Waals surface area contributed by atoms with Gasteiger partial charge in [0.15, 0.2) is 6.61 Å². The Hall–Kier alpha value is -1.52. The van der Waals surface area contributed by atoms with Crippen LogP contribution in [0.15, 0.2) is 11.5 Å². The lowest BCUT2D eigenvalue weighted by Gasteiger charge is -2.02. The van der Waals surface area contributed by atoms with Crippen LogP contribution in [0.1, 0.15) is 13.8 Å². The maximum atomic E-state index is 11.0. The molecular formula is C8H10O5. The van der Waals surface area contributed by atoms with Gasteiger partial charge in [-0.1, -0.05) is 0 Å². The van der Waals surface area contributed by atoms with Crippen LogP contribution in [0.2, 0.25) is 0 Å². The molecule has 0 amide bonds. The number of rotatable bonds is 2. The van der Waals surface area contributed by atoms with E-state index in [-0.39, 0.29) is 24.8 Å². The fourth-order valence-corrected chi connectivity index (χ4v) is 0.861. The number of ketones is 1. The van der Waals surface area contributed by atoms with Gasteiger partial charge >= 0.3 is 6.16 Å². The molecule has 0 N–H and O–H groups in total. The molecule has 5 nitrogen and oxygen atoms in total. The Labute approximate surface area is 75.3 Å². The normalized spacial score (nSPS) is 15.7. The number of carbonyl (C=O) groups excluding carboxylic acids is 2. The Morgan fingerprint density at radius 3 is 2.77 bits per heavy atom. The van der Waals surface area contributed by atoms with E-state index >= 15 is 0 Å². The smallest absolute Gasteiger partial charge is 0.486 e. The third-order valence-corrected chi connectivity index (χ3v) is 1.44. The summed E-state index contributed by atoms with van der Waals surface area (Å²) < 4.78 is 14.0. The summed E-state index contributed by atoms with van der Waals surface area (Å²) in [5.41, 5.74) is 0. The lowest BCUT2D eigenvalue weighted by atomic mass is 10.3. The van der Waals surface area contributed by atoms with E-state index in [0.717, 1.165) is 0 Å². The summed E-state index contributed by atoms with van der Waals surface area (Å²) in [4.78, 5) is 21.8. The molecule has 72 valence electrons. The van der Waals surface area contributed by atoms with Gasteiger partial charge in [-0.2, -0.15) is 0 Å². The summed E-state index contributed by atoms with van der Waals surface area (Å²) in [5, 5.41) is 0. The van der Waals surface area contributed by atoms with Crippen molar-refractivity contribution in [3.63, 3.8) is 0 Å². The number of carbonyl (C=O) groups is 2. The number of allylic oxidation sites excluding steroid dienone is 1. The number of Topliss-reactive ketones (excluding diaryl/α,β-unsaturated/α-hetero) is 1. The second-order valence-electron chi connectivity index (χ2n) is 2.38. The molecule has 1 rings (SSSR count). The molecule has 13 heavy (non-hydrogen) atoms. The number of hydrogen-bond donors (Lipinski definition) is 0. The van der Waals surface area contributed by atoms with Crippen LogP contribution in [0.25, 0.3) is 0 Å². The first-order valence-electron chi connectivity index (χ1n) is 3.86. The molecule has 0 atom stereocenters. The van der Waals surface area contributed by atoms with E-state index in [0.29, 0.717) is 5.76 Å². The standard InChI is InChI=1S/C8H10O5/c1-3-11-8(10)13-7-5(2)12-4-6(7)9/h3-4H2,1-2H3. The molecule has 0 spiro atoms. The maximum absolute atomic E-state index is 11.0. The van der Waals surface area contributed by atoms with Gasteiger partial charge in [-0.3, -0.25) is 4.79 Å². The summed E-state index contributed by atoms with van der Waals surface area (Å²) in [5.74, 6) is -0.0814. The highest BCUT2D eigenvalue weighted by Crippen LogP contribution is 2.16. The zero-order valence-electron chi connectivity index (χ0n) is 7.46. The summed E-state index contributed by atoms with van der Waals surface area (Å²) in [6.07, 6.45) is -0.879. The van der Waals surface area contributed by atoms with Crippen LogP contribution in [0.5, 0.6) is 0 Å². The highest BCUT2D eigenvalue weighted by Gasteiger charge is 2.26. The van der Waals surface area contributed by atoms with Gasteiger partial charge in [0.05, 0.1) is 6.61 Å². The van der Waals surface area contributed by atoms with E-state index in [1.54, 1.807) is 13.8 Å². The molecular weight excluding hydrogens is 176 g/mol. The second kappa shape index (κ2) is 3.93. The van der Waals surface area contributed by atoms with Gasteiger partial charge < -0.3 is 14.2 Å². The predicted octanol–water partition coefficient (Wildman–Crippen LogP) is 0.990. The average Bonchev–Trinajstić information content (AvgIpc) is 2.36. The Kier molecular flexibility index (Phi) is 2.89. The average molecular weight is 186 g/mol. The van der Waals surface area contributed by atoms with Crippen LogP contribution >= 0.6 is 0 Å². The first-order valence-corrected chi connectivity index (χ1v) is 3.86. The van der Waals surface area contributed by atoms with Gasteiger partial charge in [0.1, 0.15) is 5.76 Å². The van der Waals surface area contributed by atoms with Gasteiger partial charge in [0.2, 0.25) is 11.5 Å². The minimum Gasteiger partial charge on any atom is -0.486 e. The van der Waals surface area contributed by atoms with Gasteiger partial charge in [0, 0.05) is 0 Å². The van der Waals surface area contributed by atoms with Crippen molar-refractivity contribution >= 4 is 11.9 Å². The lowest BCUT2D eigenvalue weighted by Crippen LogP contribution is -2.12. The van der Waals surface area contributed by atoms with E-state index < -0.39 is 6.16 Å². The molecule has 0 aromatic carbocycles. The maximum Gasteiger partial charge on any atom is 0.514 e. The molecule has 0 radical (unpaired) electrons. The number of hydrogen-bond acceptors (Lipinski definition) is 5. The topological polar surface area (TPSA) is 61.8 Å². The SMILES string of the molecule is CCOC(=O)OC1=C(C)OCC1=O. The van der Waals surface area contributed by atoms with E-state index in [4.69, 9.17) is 4.74 Å². The molecule has 1 aliphatic heterocycles. The highest BCUT2D eigenvalue weighted by atomic mass is 16.7. The van der Waals surface area contributed by atoms with Crippen molar-refractivity contribution < 1.29 is 23.8 Å². The molecule has 0 fully saturated rings. The van der Waals surface area contributed by atoms with E-state index in [1.807, 2.05) is 0 Å². The largest absolute Gasteiger partial charge is 0.514 e. The molecule has 0 saturated heterocycles. The molecule has 0 aliphatic carbocycles. The Morgan fingerprint density at radius 1 is 1.62 bits per heavy atom. The third kappa shape index (κ3) is 2.21. The quantitative estimate of drug-likeness (QED) is 0.602. The van der Waals surface area contributed by atoms with Gasteiger partial charge in [0.25, 0.3) is 0 Å². The third-order valence-electron chi connectivity index (χ3n) is 1.44. The van der Waals surface area contributed by atoms with Gasteiger partial charge in [-0.15, -0.1) is 0 Å². The minimum absolute atomic E-state index is 0.0570.